The molecule has 0 unspecified atom stereocenters. The molecule has 1 heterocycles. The molecule has 0 spiro atoms. The second-order valence-corrected chi connectivity index (χ2v) is 5.56. The molecule has 3 heteroatoms. The van der Waals surface area contributed by atoms with Crippen LogP contribution in [0.15, 0.2) is 24.4 Å². The van der Waals surface area contributed by atoms with Crippen molar-refractivity contribution in [1.29, 1.82) is 0 Å². The summed E-state index contributed by atoms with van der Waals surface area (Å²) < 4.78 is 2.12. The minimum absolute atomic E-state index is 0.183. The van der Waals surface area contributed by atoms with Gasteiger partial charge in [0, 0.05) is 36.1 Å². The average Bonchev–Trinajstić information content (AvgIpc) is 2.61. The molecule has 1 aromatic heterocycles. The first-order valence-corrected chi connectivity index (χ1v) is 6.49. The Morgan fingerprint density at radius 2 is 2.18 bits per heavy atom. The maximum Gasteiger partial charge on any atom is 0.0502 e. The van der Waals surface area contributed by atoms with Crippen LogP contribution in [0.1, 0.15) is 24.8 Å². The molecule has 3 rings (SSSR count). The van der Waals surface area contributed by atoms with Crippen molar-refractivity contribution in [3.8, 4) is 0 Å². The summed E-state index contributed by atoms with van der Waals surface area (Å²) in [6.45, 7) is 0.721. The van der Waals surface area contributed by atoms with Gasteiger partial charge in [-0.1, -0.05) is 18.0 Å². The minimum atomic E-state index is 0.183. The molecule has 0 aliphatic heterocycles. The highest BCUT2D eigenvalue weighted by molar-refractivity contribution is 6.35. The highest BCUT2D eigenvalue weighted by atomic mass is 35.5. The van der Waals surface area contributed by atoms with Crippen LogP contribution in [0.2, 0.25) is 5.02 Å². The van der Waals surface area contributed by atoms with Crippen LogP contribution in [-0.2, 0) is 12.5 Å². The Bertz CT molecular complexity index is 561. The molecule has 1 saturated carbocycles. The maximum absolute atomic E-state index is 6.37. The minimum Gasteiger partial charge on any atom is -0.350 e. The molecule has 1 aliphatic rings. The Balaban J connectivity index is 2.20. The monoisotopic (exact) mass is 248 g/mol. The predicted octanol–water partition coefficient (Wildman–Crippen LogP) is 3.21. The van der Waals surface area contributed by atoms with E-state index in [4.69, 9.17) is 17.3 Å². The largest absolute Gasteiger partial charge is 0.350 e. The molecule has 17 heavy (non-hydrogen) atoms. The Morgan fingerprint density at radius 1 is 1.41 bits per heavy atom. The number of halogens is 1. The number of nitrogens with two attached hydrogens (primary N) is 1. The number of aryl methyl sites for hydroxylation is 1. The van der Waals surface area contributed by atoms with E-state index >= 15 is 0 Å². The van der Waals surface area contributed by atoms with E-state index < -0.39 is 0 Å². The van der Waals surface area contributed by atoms with Crippen LogP contribution in [0.25, 0.3) is 10.9 Å². The standard InChI is InChI=1S/C14H17ClN2/c1-17-6-3-11-12(15)7-10(8-13(11)17)14(9-16)4-2-5-14/h3,6-8H,2,4-5,9,16H2,1H3. The predicted molar refractivity (Wildman–Crippen MR) is 72.5 cm³/mol. The second kappa shape index (κ2) is 3.76. The van der Waals surface area contributed by atoms with E-state index in [-0.39, 0.29) is 5.41 Å². The van der Waals surface area contributed by atoms with Gasteiger partial charge < -0.3 is 10.3 Å². The average molecular weight is 249 g/mol. The number of benzene rings is 1. The van der Waals surface area contributed by atoms with Crippen LogP contribution in [-0.4, -0.2) is 11.1 Å². The van der Waals surface area contributed by atoms with Crippen molar-refractivity contribution in [2.75, 3.05) is 6.54 Å². The van der Waals surface area contributed by atoms with Crippen molar-refractivity contribution in [2.45, 2.75) is 24.7 Å². The Kier molecular flexibility index (Phi) is 2.46. The van der Waals surface area contributed by atoms with Crippen LogP contribution in [0.4, 0.5) is 0 Å². The lowest BCUT2D eigenvalue weighted by atomic mass is 9.64. The van der Waals surface area contributed by atoms with Crippen molar-refractivity contribution in [3.05, 3.63) is 35.0 Å². The number of rotatable bonds is 2. The van der Waals surface area contributed by atoms with Gasteiger partial charge in [0.25, 0.3) is 0 Å². The van der Waals surface area contributed by atoms with Crippen molar-refractivity contribution in [2.24, 2.45) is 12.8 Å². The number of hydrogen-bond donors (Lipinski definition) is 1. The van der Waals surface area contributed by atoms with E-state index in [1.807, 2.05) is 0 Å². The van der Waals surface area contributed by atoms with Crippen LogP contribution in [0, 0.1) is 0 Å². The van der Waals surface area contributed by atoms with Crippen LogP contribution < -0.4 is 5.73 Å². The lowest BCUT2D eigenvalue weighted by molar-refractivity contribution is 0.253. The van der Waals surface area contributed by atoms with Gasteiger partial charge in [-0.15, -0.1) is 0 Å². The van der Waals surface area contributed by atoms with Gasteiger partial charge >= 0.3 is 0 Å². The number of nitrogens with zero attached hydrogens (tertiary/aromatic N) is 1. The van der Waals surface area contributed by atoms with Gasteiger partial charge in [0.05, 0.1) is 5.02 Å². The summed E-state index contributed by atoms with van der Waals surface area (Å²) >= 11 is 6.37. The smallest absolute Gasteiger partial charge is 0.0502 e. The molecule has 1 aliphatic carbocycles. The summed E-state index contributed by atoms with van der Waals surface area (Å²) in [4.78, 5) is 0. The van der Waals surface area contributed by atoms with Gasteiger partial charge in [-0.05, 0) is 36.6 Å². The fourth-order valence-electron chi connectivity index (χ4n) is 2.85. The zero-order chi connectivity index (χ0) is 12.0. The quantitative estimate of drug-likeness (QED) is 0.869. The molecule has 0 amide bonds. The molecule has 2 nitrogen and oxygen atoms in total. The molecule has 0 atom stereocenters. The highest BCUT2D eigenvalue weighted by Gasteiger charge is 2.37. The van der Waals surface area contributed by atoms with Crippen molar-refractivity contribution < 1.29 is 0 Å². The van der Waals surface area contributed by atoms with E-state index in [9.17, 15) is 0 Å². The lowest BCUT2D eigenvalue weighted by Crippen LogP contribution is -2.41. The van der Waals surface area contributed by atoms with Crippen molar-refractivity contribution in [3.63, 3.8) is 0 Å². The first kappa shape index (κ1) is 11.1. The first-order valence-electron chi connectivity index (χ1n) is 6.11. The zero-order valence-electron chi connectivity index (χ0n) is 10.0. The van der Waals surface area contributed by atoms with E-state index in [1.54, 1.807) is 0 Å². The lowest BCUT2D eigenvalue weighted by Gasteiger charge is -2.41. The van der Waals surface area contributed by atoms with Gasteiger partial charge in [0.15, 0.2) is 0 Å². The topological polar surface area (TPSA) is 30.9 Å². The van der Waals surface area contributed by atoms with Gasteiger partial charge in [-0.3, -0.25) is 0 Å². The Hall–Kier alpha value is -0.990. The van der Waals surface area contributed by atoms with Gasteiger partial charge in [0.1, 0.15) is 0 Å². The van der Waals surface area contributed by atoms with Crippen molar-refractivity contribution in [1.82, 2.24) is 4.57 Å². The third-order valence-electron chi connectivity index (χ3n) is 4.27. The van der Waals surface area contributed by atoms with E-state index in [0.717, 1.165) is 17.0 Å². The molecule has 2 aromatic rings. The summed E-state index contributed by atoms with van der Waals surface area (Å²) in [6.07, 6.45) is 5.71. The molecule has 0 bridgehead atoms. The zero-order valence-corrected chi connectivity index (χ0v) is 10.8. The SMILES string of the molecule is Cn1ccc2c(Cl)cc(C3(CN)CCC3)cc21. The number of hydrogen-bond acceptors (Lipinski definition) is 1. The fourth-order valence-corrected chi connectivity index (χ4v) is 3.12. The third kappa shape index (κ3) is 1.51. The molecule has 90 valence electrons. The first-order chi connectivity index (χ1) is 8.16. The Labute approximate surface area is 106 Å². The highest BCUT2D eigenvalue weighted by Crippen LogP contribution is 2.44. The fraction of sp³-hybridized carbons (Fsp3) is 0.429. The molecule has 1 aromatic carbocycles. The van der Waals surface area contributed by atoms with Crippen LogP contribution in [0.5, 0.6) is 0 Å². The van der Waals surface area contributed by atoms with E-state index in [1.165, 1.54) is 30.3 Å². The maximum atomic E-state index is 6.37. The molecular weight excluding hydrogens is 232 g/mol. The number of aromatic nitrogens is 1. The number of fused-ring (bicyclic) bond motifs is 1. The molecular formula is C14H17ClN2. The van der Waals surface area contributed by atoms with Gasteiger partial charge in [0.2, 0.25) is 0 Å². The van der Waals surface area contributed by atoms with Crippen molar-refractivity contribution >= 4 is 22.5 Å². The molecule has 0 radical (unpaired) electrons. The molecule has 0 saturated heterocycles. The third-order valence-corrected chi connectivity index (χ3v) is 4.58. The summed E-state index contributed by atoms with van der Waals surface area (Å²) in [5.41, 5.74) is 8.65. The second-order valence-electron chi connectivity index (χ2n) is 5.16. The van der Waals surface area contributed by atoms with E-state index in [2.05, 4.69) is 36.0 Å². The van der Waals surface area contributed by atoms with E-state index in [0.29, 0.717) is 0 Å². The Morgan fingerprint density at radius 3 is 2.76 bits per heavy atom. The summed E-state index contributed by atoms with van der Waals surface area (Å²) in [6, 6.07) is 6.43. The molecule has 1 fully saturated rings. The normalized spacial score (nSPS) is 18.3. The molecule has 2 N–H and O–H groups in total. The van der Waals surface area contributed by atoms with Gasteiger partial charge in [-0.2, -0.15) is 0 Å². The van der Waals surface area contributed by atoms with Crippen LogP contribution in [0.3, 0.4) is 0 Å². The van der Waals surface area contributed by atoms with Crippen LogP contribution >= 0.6 is 11.6 Å². The summed E-state index contributed by atoms with van der Waals surface area (Å²) in [5, 5.41) is 1.97. The summed E-state index contributed by atoms with van der Waals surface area (Å²) in [7, 11) is 2.05. The summed E-state index contributed by atoms with van der Waals surface area (Å²) in [5.74, 6) is 0. The van der Waals surface area contributed by atoms with Gasteiger partial charge in [-0.25, -0.2) is 0 Å².